The minimum atomic E-state index is 0.954. The van der Waals surface area contributed by atoms with E-state index in [0.717, 1.165) is 24.2 Å². The smallest absolute Gasteiger partial charge is 0.0622 e. The van der Waals surface area contributed by atoms with Crippen molar-refractivity contribution in [3.05, 3.63) is 200 Å². The quantitative estimate of drug-likeness (QED) is 0.163. The van der Waals surface area contributed by atoms with Crippen molar-refractivity contribution in [2.45, 2.75) is 12.8 Å². The van der Waals surface area contributed by atoms with Gasteiger partial charge in [-0.3, -0.25) is 0 Å². The second-order valence-electron chi connectivity index (χ2n) is 14.4. The number of benzene rings is 9. The molecule has 254 valence electrons. The molecule has 0 amide bonds. The minimum Gasteiger partial charge on any atom is -0.312 e. The third-order valence-corrected chi connectivity index (χ3v) is 11.5. The molecule has 0 aliphatic heterocycles. The van der Waals surface area contributed by atoms with Crippen LogP contribution in [0.25, 0.3) is 76.2 Å². The Hall–Kier alpha value is -6.90. The Bertz CT molecular complexity index is 3140. The van der Waals surface area contributed by atoms with Crippen molar-refractivity contribution in [1.29, 1.82) is 0 Å². The molecule has 0 bridgehead atoms. The van der Waals surface area contributed by atoms with Gasteiger partial charge in [0.05, 0.1) is 16.7 Å². The zero-order valence-corrected chi connectivity index (χ0v) is 29.8. The maximum atomic E-state index is 2.56. The average molecular weight is 689 g/mol. The van der Waals surface area contributed by atoms with Crippen LogP contribution in [0.4, 0.5) is 17.1 Å². The van der Waals surface area contributed by atoms with Crippen LogP contribution < -0.4 is 4.90 Å². The van der Waals surface area contributed by atoms with E-state index in [2.05, 4.69) is 204 Å². The normalized spacial score (nSPS) is 13.3. The van der Waals surface area contributed by atoms with Gasteiger partial charge in [-0.1, -0.05) is 152 Å². The Balaban J connectivity index is 1.05. The molecule has 9 aromatic carbocycles. The van der Waals surface area contributed by atoms with Crippen LogP contribution in [0.1, 0.15) is 18.4 Å². The number of allylic oxidation sites excluding steroid dienone is 4. The number of aromatic nitrogens is 1. The molecule has 2 nitrogen and oxygen atoms in total. The van der Waals surface area contributed by atoms with Crippen molar-refractivity contribution in [1.82, 2.24) is 4.57 Å². The van der Waals surface area contributed by atoms with Gasteiger partial charge in [0.1, 0.15) is 0 Å². The highest BCUT2D eigenvalue weighted by Crippen LogP contribution is 2.46. The van der Waals surface area contributed by atoms with E-state index in [1.54, 1.807) is 0 Å². The van der Waals surface area contributed by atoms with Crippen molar-refractivity contribution >= 4 is 93.2 Å². The van der Waals surface area contributed by atoms with Gasteiger partial charge in [0, 0.05) is 44.0 Å². The van der Waals surface area contributed by atoms with Crippen molar-refractivity contribution < 1.29 is 0 Å². The Morgan fingerprint density at radius 1 is 0.389 bits per heavy atom. The largest absolute Gasteiger partial charge is 0.312 e. The first-order chi connectivity index (χ1) is 26.8. The van der Waals surface area contributed by atoms with Crippen LogP contribution in [-0.4, -0.2) is 4.57 Å². The van der Waals surface area contributed by atoms with Crippen molar-refractivity contribution in [3.8, 4) is 0 Å². The fourth-order valence-corrected chi connectivity index (χ4v) is 9.02. The predicted molar refractivity (Wildman–Crippen MR) is 232 cm³/mol. The highest BCUT2D eigenvalue weighted by molar-refractivity contribution is 6.37. The molecular weight excluding hydrogens is 653 g/mol. The SMILES string of the molecule is C1=C(c2ccc(N(c3ccccc3)c3cccc4ccccc34)cc2)CCC(n2c3ccccc3c3c4c5ccccc5ccc4c4ccccc4c32)=C1. The summed E-state index contributed by atoms with van der Waals surface area (Å²) >= 11 is 0. The molecule has 11 rings (SSSR count). The summed E-state index contributed by atoms with van der Waals surface area (Å²) in [5, 5.41) is 13.0. The fourth-order valence-electron chi connectivity index (χ4n) is 9.02. The Kier molecular flexibility index (Phi) is 7.03. The molecule has 1 heterocycles. The van der Waals surface area contributed by atoms with Crippen molar-refractivity contribution in [3.63, 3.8) is 0 Å². The van der Waals surface area contributed by atoms with Crippen molar-refractivity contribution in [2.24, 2.45) is 0 Å². The highest BCUT2D eigenvalue weighted by atomic mass is 15.1. The second-order valence-corrected chi connectivity index (χ2v) is 14.4. The van der Waals surface area contributed by atoms with Gasteiger partial charge >= 0.3 is 0 Å². The third kappa shape index (κ3) is 4.74. The number of para-hydroxylation sites is 2. The van der Waals surface area contributed by atoms with Crippen LogP contribution in [0.2, 0.25) is 0 Å². The van der Waals surface area contributed by atoms with E-state index in [-0.39, 0.29) is 0 Å². The summed E-state index contributed by atoms with van der Waals surface area (Å²) in [5.41, 5.74) is 10.00. The molecule has 0 saturated heterocycles. The third-order valence-electron chi connectivity index (χ3n) is 11.5. The first-order valence-electron chi connectivity index (χ1n) is 18.9. The van der Waals surface area contributed by atoms with Crippen LogP contribution in [-0.2, 0) is 0 Å². The topological polar surface area (TPSA) is 8.17 Å². The highest BCUT2D eigenvalue weighted by Gasteiger charge is 2.22. The molecule has 0 unspecified atom stereocenters. The number of fused-ring (bicyclic) bond motifs is 11. The fraction of sp³-hybridized carbons (Fsp3) is 0.0385. The number of hydrogen-bond acceptors (Lipinski definition) is 1. The molecule has 10 aromatic rings. The summed E-state index contributed by atoms with van der Waals surface area (Å²) < 4.78 is 2.56. The predicted octanol–water partition coefficient (Wildman–Crippen LogP) is 14.6. The maximum absolute atomic E-state index is 2.56. The molecule has 0 saturated carbocycles. The number of rotatable bonds is 5. The summed E-state index contributed by atoms with van der Waals surface area (Å²) in [5.74, 6) is 0. The van der Waals surface area contributed by atoms with Gasteiger partial charge in [-0.25, -0.2) is 0 Å². The van der Waals surface area contributed by atoms with Gasteiger partial charge in [-0.2, -0.15) is 0 Å². The van der Waals surface area contributed by atoms with E-state index in [9.17, 15) is 0 Å². The Labute approximate surface area is 314 Å². The lowest BCUT2D eigenvalue weighted by molar-refractivity contribution is 0.993. The van der Waals surface area contributed by atoms with Gasteiger partial charge in [0.25, 0.3) is 0 Å². The van der Waals surface area contributed by atoms with Gasteiger partial charge in [-0.05, 0) is 93.4 Å². The summed E-state index contributed by atoms with van der Waals surface area (Å²) in [6.07, 6.45) is 6.65. The molecule has 1 aliphatic carbocycles. The van der Waals surface area contributed by atoms with E-state index in [0.29, 0.717) is 0 Å². The molecule has 54 heavy (non-hydrogen) atoms. The first-order valence-corrected chi connectivity index (χ1v) is 18.9. The van der Waals surface area contributed by atoms with Crippen LogP contribution >= 0.6 is 0 Å². The van der Waals surface area contributed by atoms with Crippen LogP contribution in [0, 0.1) is 0 Å². The van der Waals surface area contributed by atoms with Gasteiger partial charge in [0.2, 0.25) is 0 Å². The van der Waals surface area contributed by atoms with E-state index in [4.69, 9.17) is 0 Å². The van der Waals surface area contributed by atoms with Gasteiger partial charge in [0.15, 0.2) is 0 Å². The van der Waals surface area contributed by atoms with E-state index >= 15 is 0 Å². The van der Waals surface area contributed by atoms with Gasteiger partial charge < -0.3 is 9.47 Å². The zero-order chi connectivity index (χ0) is 35.6. The molecular formula is C52H36N2. The van der Waals surface area contributed by atoms with Crippen LogP contribution in [0.3, 0.4) is 0 Å². The number of nitrogens with zero attached hydrogens (tertiary/aromatic N) is 2. The van der Waals surface area contributed by atoms with E-state index in [1.165, 1.54) is 87.4 Å². The van der Waals surface area contributed by atoms with E-state index < -0.39 is 0 Å². The lowest BCUT2D eigenvalue weighted by atomic mass is 9.92. The summed E-state index contributed by atoms with van der Waals surface area (Å²) in [7, 11) is 0. The van der Waals surface area contributed by atoms with Crippen LogP contribution in [0.5, 0.6) is 0 Å². The van der Waals surface area contributed by atoms with Crippen LogP contribution in [0.15, 0.2) is 194 Å². The molecule has 0 radical (unpaired) electrons. The standard InChI is InChI=1S/C52H36N2/c1-2-16-39(17-3-1)53(48-24-12-15-37-13-4-6-18-42(37)48)40-30-25-35(26-31-40)36-27-32-41(33-28-36)54-49-23-11-10-22-47(49)51-50-43-19-7-5-14-38(43)29-34-45(50)44-20-8-9-21-46(44)52(51)54/h1-27,29-32,34H,28,33H2. The van der Waals surface area contributed by atoms with Gasteiger partial charge in [-0.15, -0.1) is 0 Å². The number of anilines is 3. The van der Waals surface area contributed by atoms with E-state index in [1.807, 2.05) is 0 Å². The molecule has 0 spiro atoms. The second kappa shape index (κ2) is 12.4. The summed E-state index contributed by atoms with van der Waals surface area (Å²) in [6.45, 7) is 0. The summed E-state index contributed by atoms with van der Waals surface area (Å²) in [6, 6.07) is 66.5. The average Bonchev–Trinajstić information content (AvgIpc) is 3.60. The monoisotopic (exact) mass is 688 g/mol. The molecule has 0 N–H and O–H groups in total. The minimum absolute atomic E-state index is 0.954. The number of hydrogen-bond donors (Lipinski definition) is 0. The maximum Gasteiger partial charge on any atom is 0.0622 e. The molecule has 0 atom stereocenters. The molecule has 2 heteroatoms. The molecule has 0 fully saturated rings. The zero-order valence-electron chi connectivity index (χ0n) is 29.8. The summed E-state index contributed by atoms with van der Waals surface area (Å²) in [4.78, 5) is 2.37. The lowest BCUT2D eigenvalue weighted by Crippen LogP contribution is -2.10. The first kappa shape index (κ1) is 30.7. The van der Waals surface area contributed by atoms with Crippen molar-refractivity contribution in [2.75, 3.05) is 4.90 Å². The Morgan fingerprint density at radius 3 is 1.80 bits per heavy atom. The lowest BCUT2D eigenvalue weighted by Gasteiger charge is -2.27. The molecule has 1 aliphatic rings. The Morgan fingerprint density at radius 2 is 1.02 bits per heavy atom. The molecule has 1 aromatic heterocycles.